The van der Waals surface area contributed by atoms with E-state index < -0.39 is 11.3 Å². The molecular formula is C14H19FO3. The number of hydrogen-bond acceptors (Lipinski definition) is 3. The Kier molecular flexibility index (Phi) is 3.01. The van der Waals surface area contributed by atoms with Gasteiger partial charge >= 0.3 is 0 Å². The van der Waals surface area contributed by atoms with Gasteiger partial charge in [0.1, 0.15) is 5.67 Å². The van der Waals surface area contributed by atoms with Gasteiger partial charge in [0.15, 0.2) is 11.5 Å². The van der Waals surface area contributed by atoms with Crippen molar-refractivity contribution < 1.29 is 19.0 Å². The molecule has 1 saturated carbocycles. The average molecular weight is 254 g/mol. The lowest BCUT2D eigenvalue weighted by Crippen LogP contribution is -2.18. The van der Waals surface area contributed by atoms with Gasteiger partial charge in [0.2, 0.25) is 0 Å². The Morgan fingerprint density at radius 3 is 2.06 bits per heavy atom. The third-order valence-electron chi connectivity index (χ3n) is 3.39. The maximum absolute atomic E-state index is 14.3. The minimum absolute atomic E-state index is 0.458. The summed E-state index contributed by atoms with van der Waals surface area (Å²) in [7, 11) is 3.04. The molecule has 0 heterocycles. The monoisotopic (exact) mass is 254 g/mol. The SMILES string of the molecule is COc1cc(C(C)(C)F)c(C2(O)CC2)cc1OC. The number of ether oxygens (including phenoxy) is 2. The van der Waals surface area contributed by atoms with E-state index in [4.69, 9.17) is 9.47 Å². The zero-order valence-electron chi connectivity index (χ0n) is 11.2. The van der Waals surface area contributed by atoms with Gasteiger partial charge in [-0.25, -0.2) is 4.39 Å². The molecule has 1 aliphatic carbocycles. The molecule has 0 saturated heterocycles. The van der Waals surface area contributed by atoms with Crippen LogP contribution in [-0.2, 0) is 11.3 Å². The molecule has 0 aliphatic heterocycles. The number of halogens is 1. The van der Waals surface area contributed by atoms with Crippen LogP contribution in [0.5, 0.6) is 11.5 Å². The fourth-order valence-corrected chi connectivity index (χ4v) is 2.14. The highest BCUT2D eigenvalue weighted by molar-refractivity contribution is 5.52. The van der Waals surface area contributed by atoms with Crippen LogP contribution in [0.25, 0.3) is 0 Å². The van der Waals surface area contributed by atoms with Gasteiger partial charge in [-0.3, -0.25) is 0 Å². The number of rotatable bonds is 4. The molecule has 0 unspecified atom stereocenters. The van der Waals surface area contributed by atoms with Gasteiger partial charge in [-0.15, -0.1) is 0 Å². The molecule has 2 rings (SSSR count). The second kappa shape index (κ2) is 4.12. The Balaban J connectivity index is 2.62. The molecule has 4 heteroatoms. The van der Waals surface area contributed by atoms with E-state index in [9.17, 15) is 9.50 Å². The van der Waals surface area contributed by atoms with Crippen molar-refractivity contribution in [3.63, 3.8) is 0 Å². The predicted octanol–water partition coefficient (Wildman–Crippen LogP) is 2.89. The van der Waals surface area contributed by atoms with E-state index in [1.165, 1.54) is 28.1 Å². The first kappa shape index (κ1) is 13.1. The van der Waals surface area contributed by atoms with Gasteiger partial charge in [-0.2, -0.15) is 0 Å². The number of methoxy groups -OCH3 is 2. The Hall–Kier alpha value is -1.29. The van der Waals surface area contributed by atoms with E-state index in [2.05, 4.69) is 0 Å². The Morgan fingerprint density at radius 2 is 1.67 bits per heavy atom. The molecule has 3 nitrogen and oxygen atoms in total. The van der Waals surface area contributed by atoms with Gasteiger partial charge in [-0.1, -0.05) is 0 Å². The smallest absolute Gasteiger partial charge is 0.161 e. The van der Waals surface area contributed by atoms with Crippen molar-refractivity contribution in [1.29, 1.82) is 0 Å². The number of alkyl halides is 1. The number of hydrogen-bond donors (Lipinski definition) is 1. The van der Waals surface area contributed by atoms with Crippen LogP contribution >= 0.6 is 0 Å². The fourth-order valence-electron chi connectivity index (χ4n) is 2.14. The molecule has 0 radical (unpaired) electrons. The number of aliphatic hydroxyl groups is 1. The average Bonchev–Trinajstić information content (AvgIpc) is 3.05. The van der Waals surface area contributed by atoms with Crippen LogP contribution in [0.1, 0.15) is 37.8 Å². The molecule has 0 spiro atoms. The largest absolute Gasteiger partial charge is 0.493 e. The normalized spacial score (nSPS) is 17.4. The second-order valence-corrected chi connectivity index (χ2v) is 5.26. The Morgan fingerprint density at radius 1 is 1.17 bits per heavy atom. The van der Waals surface area contributed by atoms with E-state index in [0.717, 1.165) is 0 Å². The van der Waals surface area contributed by atoms with Crippen molar-refractivity contribution in [1.82, 2.24) is 0 Å². The first-order valence-corrected chi connectivity index (χ1v) is 6.00. The molecule has 100 valence electrons. The lowest BCUT2D eigenvalue weighted by molar-refractivity contribution is 0.140. The molecule has 1 aliphatic rings. The van der Waals surface area contributed by atoms with Gasteiger partial charge < -0.3 is 14.6 Å². The summed E-state index contributed by atoms with van der Waals surface area (Å²) < 4.78 is 24.7. The molecule has 0 aromatic heterocycles. The van der Waals surface area contributed by atoms with Crippen LogP contribution in [0.4, 0.5) is 4.39 Å². The van der Waals surface area contributed by atoms with Crippen LogP contribution in [0.3, 0.4) is 0 Å². The maximum atomic E-state index is 14.3. The topological polar surface area (TPSA) is 38.7 Å². The highest BCUT2D eigenvalue weighted by Crippen LogP contribution is 2.51. The molecule has 1 aromatic rings. The molecule has 1 aromatic carbocycles. The zero-order chi connectivity index (χ0) is 13.6. The summed E-state index contributed by atoms with van der Waals surface area (Å²) in [4.78, 5) is 0. The summed E-state index contributed by atoms with van der Waals surface area (Å²) in [6, 6.07) is 3.30. The molecule has 18 heavy (non-hydrogen) atoms. The van der Waals surface area contributed by atoms with Gasteiger partial charge in [0.25, 0.3) is 0 Å². The summed E-state index contributed by atoms with van der Waals surface area (Å²) >= 11 is 0. The van der Waals surface area contributed by atoms with Gasteiger partial charge in [-0.05, 0) is 49.9 Å². The van der Waals surface area contributed by atoms with Crippen LogP contribution < -0.4 is 9.47 Å². The van der Waals surface area contributed by atoms with Crippen LogP contribution in [0.15, 0.2) is 12.1 Å². The minimum Gasteiger partial charge on any atom is -0.493 e. The summed E-state index contributed by atoms with van der Waals surface area (Å²) in [6.07, 6.45) is 1.32. The highest BCUT2D eigenvalue weighted by atomic mass is 19.1. The van der Waals surface area contributed by atoms with E-state index >= 15 is 0 Å². The quantitative estimate of drug-likeness (QED) is 0.898. The van der Waals surface area contributed by atoms with E-state index in [-0.39, 0.29) is 0 Å². The van der Waals surface area contributed by atoms with Crippen molar-refractivity contribution in [2.24, 2.45) is 0 Å². The van der Waals surface area contributed by atoms with Gasteiger partial charge in [0.05, 0.1) is 19.8 Å². The van der Waals surface area contributed by atoms with Crippen molar-refractivity contribution in [2.45, 2.75) is 38.0 Å². The van der Waals surface area contributed by atoms with Crippen molar-refractivity contribution >= 4 is 0 Å². The van der Waals surface area contributed by atoms with Crippen LogP contribution in [0, 0.1) is 0 Å². The van der Waals surface area contributed by atoms with Crippen LogP contribution in [-0.4, -0.2) is 19.3 Å². The third-order valence-corrected chi connectivity index (χ3v) is 3.39. The van der Waals surface area contributed by atoms with Crippen molar-refractivity contribution in [3.05, 3.63) is 23.3 Å². The van der Waals surface area contributed by atoms with E-state index in [1.807, 2.05) is 0 Å². The molecular weight excluding hydrogens is 235 g/mol. The minimum atomic E-state index is -1.53. The first-order valence-electron chi connectivity index (χ1n) is 6.00. The summed E-state index contributed by atoms with van der Waals surface area (Å²) in [6.45, 7) is 2.95. The Labute approximate surface area is 107 Å². The Bertz CT molecular complexity index is 427. The lowest BCUT2D eigenvalue weighted by Gasteiger charge is -2.24. The summed E-state index contributed by atoms with van der Waals surface area (Å²) in [5.41, 5.74) is -1.38. The lowest BCUT2D eigenvalue weighted by atomic mass is 9.90. The van der Waals surface area contributed by atoms with Crippen LogP contribution in [0.2, 0.25) is 0 Å². The highest BCUT2D eigenvalue weighted by Gasteiger charge is 2.46. The first-order chi connectivity index (χ1) is 8.31. The summed E-state index contributed by atoms with van der Waals surface area (Å²) in [5.74, 6) is 0.993. The summed E-state index contributed by atoms with van der Waals surface area (Å²) in [5, 5.41) is 10.3. The molecule has 0 amide bonds. The van der Waals surface area contributed by atoms with E-state index in [0.29, 0.717) is 35.5 Å². The van der Waals surface area contributed by atoms with Crippen molar-refractivity contribution in [2.75, 3.05) is 14.2 Å². The maximum Gasteiger partial charge on any atom is 0.161 e. The molecule has 1 N–H and O–H groups in total. The number of benzene rings is 1. The molecule has 0 atom stereocenters. The molecule has 1 fully saturated rings. The van der Waals surface area contributed by atoms with Crippen molar-refractivity contribution in [3.8, 4) is 11.5 Å². The standard InChI is InChI=1S/C14H19FO3/c1-13(2,15)9-7-11(17-3)12(18-4)8-10(9)14(16)5-6-14/h7-8,16H,5-6H2,1-4H3. The predicted molar refractivity (Wildman–Crippen MR) is 66.8 cm³/mol. The second-order valence-electron chi connectivity index (χ2n) is 5.26. The van der Waals surface area contributed by atoms with E-state index in [1.54, 1.807) is 12.1 Å². The molecule has 0 bridgehead atoms. The zero-order valence-corrected chi connectivity index (χ0v) is 11.2. The third kappa shape index (κ3) is 2.17. The fraction of sp³-hybridized carbons (Fsp3) is 0.571. The van der Waals surface area contributed by atoms with Gasteiger partial charge in [0, 0.05) is 0 Å².